The van der Waals surface area contributed by atoms with Gasteiger partial charge < -0.3 is 14.6 Å². The maximum absolute atomic E-state index is 12.7. The molecule has 21 heavy (non-hydrogen) atoms. The summed E-state index contributed by atoms with van der Waals surface area (Å²) in [4.78, 5) is 12.7. The van der Waals surface area contributed by atoms with Gasteiger partial charge in [0.15, 0.2) is 17.1 Å². The molecule has 0 radical (unpaired) electrons. The number of hydrogen-bond acceptors (Lipinski definition) is 4. The zero-order valence-electron chi connectivity index (χ0n) is 11.1. The summed E-state index contributed by atoms with van der Waals surface area (Å²) in [5, 5.41) is 10.9. The number of carbonyl (C=O) groups is 1. The van der Waals surface area contributed by atoms with Crippen molar-refractivity contribution in [3.05, 3.63) is 65.2 Å². The van der Waals surface area contributed by atoms with Gasteiger partial charge in [0, 0.05) is 5.56 Å². The van der Waals surface area contributed by atoms with E-state index >= 15 is 0 Å². The van der Waals surface area contributed by atoms with Crippen LogP contribution < -0.4 is 9.47 Å². The number of ether oxygens (including phenoxy) is 2. The highest BCUT2D eigenvalue weighted by Gasteiger charge is 2.39. The number of rotatable bonds is 1. The first kappa shape index (κ1) is 12.2. The van der Waals surface area contributed by atoms with Crippen molar-refractivity contribution in [1.82, 2.24) is 0 Å². The van der Waals surface area contributed by atoms with Crippen molar-refractivity contribution in [3.63, 3.8) is 0 Å². The molecule has 1 aliphatic carbocycles. The van der Waals surface area contributed by atoms with E-state index in [4.69, 9.17) is 9.47 Å². The van der Waals surface area contributed by atoms with E-state index in [0.29, 0.717) is 22.6 Å². The molecule has 2 aromatic rings. The number of aliphatic hydroxyl groups is 1. The lowest BCUT2D eigenvalue weighted by molar-refractivity contribution is 0.0514. The molecule has 1 aliphatic heterocycles. The first-order valence-corrected chi connectivity index (χ1v) is 6.64. The Bertz CT molecular complexity index is 778. The molecule has 0 saturated carbocycles. The van der Waals surface area contributed by atoms with Gasteiger partial charge in [-0.05, 0) is 29.3 Å². The molecule has 0 spiro atoms. The standard InChI is InChI=1S/C17H12O4/c18-16-13-4-2-1-3-11(13)7-8-17(16,19)12-5-6-14-15(9-12)21-10-20-14/h1-9,19H,10H2. The Morgan fingerprint density at radius 3 is 2.76 bits per heavy atom. The minimum atomic E-state index is -1.67. The third kappa shape index (κ3) is 1.69. The van der Waals surface area contributed by atoms with Crippen LogP contribution in [0, 0.1) is 0 Å². The van der Waals surface area contributed by atoms with Gasteiger partial charge in [0.05, 0.1) is 0 Å². The van der Waals surface area contributed by atoms with Gasteiger partial charge in [0.1, 0.15) is 0 Å². The summed E-state index contributed by atoms with van der Waals surface area (Å²) in [5.74, 6) is 0.829. The average Bonchev–Trinajstić information content (AvgIpc) is 2.99. The number of Topliss-reactive ketones (excluding diaryl/α,β-unsaturated/α-hetero) is 1. The molecule has 1 unspecified atom stereocenters. The van der Waals surface area contributed by atoms with Crippen LogP contribution in [-0.4, -0.2) is 17.7 Å². The molecule has 2 aromatic carbocycles. The Hall–Kier alpha value is -2.59. The van der Waals surface area contributed by atoms with Gasteiger partial charge >= 0.3 is 0 Å². The molecule has 0 aromatic heterocycles. The van der Waals surface area contributed by atoms with E-state index in [1.165, 1.54) is 6.08 Å². The number of benzene rings is 2. The van der Waals surface area contributed by atoms with Gasteiger partial charge in [-0.1, -0.05) is 36.4 Å². The summed E-state index contributed by atoms with van der Waals surface area (Å²) in [6, 6.07) is 12.3. The molecule has 0 saturated heterocycles. The number of hydrogen-bond donors (Lipinski definition) is 1. The summed E-state index contributed by atoms with van der Waals surface area (Å²) in [6.07, 6.45) is 3.29. The Kier molecular flexibility index (Phi) is 2.43. The molecule has 0 amide bonds. The van der Waals surface area contributed by atoms with Crippen molar-refractivity contribution < 1.29 is 19.4 Å². The molecule has 2 aliphatic rings. The van der Waals surface area contributed by atoms with E-state index in [2.05, 4.69) is 0 Å². The van der Waals surface area contributed by atoms with Crippen LogP contribution in [0.3, 0.4) is 0 Å². The molecular formula is C17H12O4. The van der Waals surface area contributed by atoms with Crippen molar-refractivity contribution in [2.45, 2.75) is 5.60 Å². The van der Waals surface area contributed by atoms with Crippen molar-refractivity contribution >= 4 is 11.9 Å². The molecule has 4 rings (SSSR count). The SMILES string of the molecule is O=C1c2ccccc2C=CC1(O)c1ccc2c(c1)OCO2. The predicted octanol–water partition coefficient (Wildman–Crippen LogP) is 2.51. The second-order valence-corrected chi connectivity index (χ2v) is 5.08. The van der Waals surface area contributed by atoms with Crippen LogP contribution in [-0.2, 0) is 5.60 Å². The van der Waals surface area contributed by atoms with Gasteiger partial charge in [-0.25, -0.2) is 0 Å². The third-order valence-electron chi connectivity index (χ3n) is 3.87. The average molecular weight is 280 g/mol. The van der Waals surface area contributed by atoms with Crippen LogP contribution >= 0.6 is 0 Å². The molecule has 0 fully saturated rings. The summed E-state index contributed by atoms with van der Waals surface area (Å²) in [6.45, 7) is 0.157. The summed E-state index contributed by atoms with van der Waals surface area (Å²) >= 11 is 0. The first-order valence-electron chi connectivity index (χ1n) is 6.64. The Labute approximate surface area is 121 Å². The summed E-state index contributed by atoms with van der Waals surface area (Å²) in [5.41, 5.74) is 0.130. The van der Waals surface area contributed by atoms with E-state index in [9.17, 15) is 9.90 Å². The second-order valence-electron chi connectivity index (χ2n) is 5.08. The summed E-state index contributed by atoms with van der Waals surface area (Å²) in [7, 11) is 0. The largest absolute Gasteiger partial charge is 0.454 e. The zero-order chi connectivity index (χ0) is 14.4. The van der Waals surface area contributed by atoms with Crippen molar-refractivity contribution in [2.24, 2.45) is 0 Å². The van der Waals surface area contributed by atoms with Gasteiger partial charge in [-0.3, -0.25) is 4.79 Å². The van der Waals surface area contributed by atoms with Crippen molar-refractivity contribution in [2.75, 3.05) is 6.79 Å². The first-order chi connectivity index (χ1) is 10.2. The fourth-order valence-electron chi connectivity index (χ4n) is 2.70. The number of fused-ring (bicyclic) bond motifs is 2. The van der Waals surface area contributed by atoms with E-state index in [0.717, 1.165) is 5.56 Å². The van der Waals surface area contributed by atoms with E-state index in [1.54, 1.807) is 36.4 Å². The van der Waals surface area contributed by atoms with Crippen molar-refractivity contribution in [1.29, 1.82) is 0 Å². The predicted molar refractivity (Wildman–Crippen MR) is 76.3 cm³/mol. The maximum atomic E-state index is 12.7. The third-order valence-corrected chi connectivity index (χ3v) is 3.87. The van der Waals surface area contributed by atoms with Crippen LogP contribution in [0.4, 0.5) is 0 Å². The van der Waals surface area contributed by atoms with Gasteiger partial charge in [-0.2, -0.15) is 0 Å². The highest BCUT2D eigenvalue weighted by atomic mass is 16.7. The van der Waals surface area contributed by atoms with E-state index in [1.807, 2.05) is 12.1 Å². The lowest BCUT2D eigenvalue weighted by Crippen LogP contribution is -2.36. The van der Waals surface area contributed by atoms with Crippen LogP contribution in [0.2, 0.25) is 0 Å². The van der Waals surface area contributed by atoms with Gasteiger partial charge in [0.2, 0.25) is 12.6 Å². The topological polar surface area (TPSA) is 55.8 Å². The molecular weight excluding hydrogens is 268 g/mol. The highest BCUT2D eigenvalue weighted by Crippen LogP contribution is 2.39. The van der Waals surface area contributed by atoms with Crippen LogP contribution in [0.15, 0.2) is 48.5 Å². The molecule has 1 atom stereocenters. The zero-order valence-corrected chi connectivity index (χ0v) is 11.1. The van der Waals surface area contributed by atoms with Crippen LogP contribution in [0.25, 0.3) is 6.08 Å². The molecule has 4 nitrogen and oxygen atoms in total. The Morgan fingerprint density at radius 1 is 1.05 bits per heavy atom. The monoisotopic (exact) mass is 280 g/mol. The second kappa shape index (κ2) is 4.20. The van der Waals surface area contributed by atoms with Gasteiger partial charge in [0.25, 0.3) is 0 Å². The molecule has 1 N–H and O–H groups in total. The van der Waals surface area contributed by atoms with Crippen LogP contribution in [0.1, 0.15) is 21.5 Å². The normalized spacial score (nSPS) is 22.2. The summed E-state index contributed by atoms with van der Waals surface area (Å²) < 4.78 is 10.6. The lowest BCUT2D eigenvalue weighted by atomic mass is 9.80. The quantitative estimate of drug-likeness (QED) is 0.872. The van der Waals surface area contributed by atoms with E-state index < -0.39 is 5.60 Å². The lowest BCUT2D eigenvalue weighted by Gasteiger charge is -2.27. The molecule has 4 heteroatoms. The number of carbonyl (C=O) groups excluding carboxylic acids is 1. The number of ketones is 1. The molecule has 0 bridgehead atoms. The Morgan fingerprint density at radius 2 is 1.86 bits per heavy atom. The fraction of sp³-hybridized carbons (Fsp3) is 0.118. The highest BCUT2D eigenvalue weighted by molar-refractivity contribution is 6.09. The molecule has 104 valence electrons. The smallest absolute Gasteiger partial charge is 0.231 e. The van der Waals surface area contributed by atoms with Crippen LogP contribution in [0.5, 0.6) is 11.5 Å². The van der Waals surface area contributed by atoms with Gasteiger partial charge in [-0.15, -0.1) is 0 Å². The van der Waals surface area contributed by atoms with Crippen molar-refractivity contribution in [3.8, 4) is 11.5 Å². The minimum Gasteiger partial charge on any atom is -0.454 e. The maximum Gasteiger partial charge on any atom is 0.231 e. The molecule has 1 heterocycles. The fourth-order valence-corrected chi connectivity index (χ4v) is 2.70. The minimum absolute atomic E-state index is 0.157. The Balaban J connectivity index is 1.84. The van der Waals surface area contributed by atoms with E-state index in [-0.39, 0.29) is 12.6 Å².